The zero-order valence-corrected chi connectivity index (χ0v) is 11.0. The lowest BCUT2D eigenvalue weighted by Crippen LogP contribution is -2.40. The van der Waals surface area contributed by atoms with E-state index in [0.29, 0.717) is 10.6 Å². The number of carbonyl (C=O) groups excluding carboxylic acids is 2. The SMILES string of the molecule is COC(=O)[C@@H]1c2c(cnn2CC(=O)O)[C@H]2CN1C(=O)N2O. The van der Waals surface area contributed by atoms with Crippen LogP contribution < -0.4 is 0 Å². The van der Waals surface area contributed by atoms with E-state index in [4.69, 9.17) is 5.11 Å². The van der Waals surface area contributed by atoms with Crippen molar-refractivity contribution >= 4 is 18.0 Å². The van der Waals surface area contributed by atoms with Crippen LogP contribution in [0.25, 0.3) is 0 Å². The summed E-state index contributed by atoms with van der Waals surface area (Å²) < 4.78 is 5.82. The Morgan fingerprint density at radius 3 is 2.86 bits per heavy atom. The van der Waals surface area contributed by atoms with Gasteiger partial charge < -0.3 is 14.7 Å². The quantitative estimate of drug-likeness (QED) is 0.561. The van der Waals surface area contributed by atoms with Crippen molar-refractivity contribution in [3.05, 3.63) is 17.5 Å². The first-order valence-corrected chi connectivity index (χ1v) is 6.09. The summed E-state index contributed by atoms with van der Waals surface area (Å²) in [5, 5.41) is 23.2. The molecular weight excluding hydrogens is 284 g/mol. The molecule has 1 aromatic heterocycles. The van der Waals surface area contributed by atoms with Crippen molar-refractivity contribution in [1.29, 1.82) is 0 Å². The Kier molecular flexibility index (Phi) is 2.83. The average molecular weight is 296 g/mol. The molecule has 1 saturated heterocycles. The number of carbonyl (C=O) groups is 3. The van der Waals surface area contributed by atoms with Crippen molar-refractivity contribution in [3.63, 3.8) is 0 Å². The van der Waals surface area contributed by atoms with E-state index in [1.165, 1.54) is 13.3 Å². The van der Waals surface area contributed by atoms with Crippen molar-refractivity contribution in [2.24, 2.45) is 0 Å². The molecule has 2 N–H and O–H groups in total. The van der Waals surface area contributed by atoms with Crippen LogP contribution in [0, 0.1) is 0 Å². The van der Waals surface area contributed by atoms with Gasteiger partial charge in [0.15, 0.2) is 6.04 Å². The molecule has 2 bridgehead atoms. The van der Waals surface area contributed by atoms with E-state index in [2.05, 4.69) is 9.84 Å². The van der Waals surface area contributed by atoms with Gasteiger partial charge in [-0.3, -0.25) is 14.7 Å². The van der Waals surface area contributed by atoms with Gasteiger partial charge in [0.05, 0.1) is 25.5 Å². The van der Waals surface area contributed by atoms with E-state index < -0.39 is 36.6 Å². The number of carboxylic acid groups (broad SMARTS) is 1. The predicted molar refractivity (Wildman–Crippen MR) is 63.1 cm³/mol. The number of rotatable bonds is 3. The van der Waals surface area contributed by atoms with Crippen LogP contribution in [0.2, 0.25) is 0 Å². The van der Waals surface area contributed by atoms with Gasteiger partial charge in [0.25, 0.3) is 0 Å². The molecule has 2 aliphatic heterocycles. The highest BCUT2D eigenvalue weighted by Crippen LogP contribution is 2.43. The smallest absolute Gasteiger partial charge is 0.345 e. The normalized spacial score (nSPS) is 23.2. The maximum atomic E-state index is 12.0. The Morgan fingerprint density at radius 1 is 1.52 bits per heavy atom. The Morgan fingerprint density at radius 2 is 2.24 bits per heavy atom. The number of urea groups is 1. The highest BCUT2D eigenvalue weighted by atomic mass is 16.5. The number of hydrogen-bond acceptors (Lipinski definition) is 6. The highest BCUT2D eigenvalue weighted by Gasteiger charge is 2.52. The molecule has 112 valence electrons. The second-order valence-corrected chi connectivity index (χ2v) is 4.76. The van der Waals surface area contributed by atoms with Gasteiger partial charge in [-0.2, -0.15) is 10.2 Å². The number of esters is 1. The molecule has 0 saturated carbocycles. The third-order valence-corrected chi connectivity index (χ3v) is 3.66. The minimum absolute atomic E-state index is 0.112. The van der Waals surface area contributed by atoms with Crippen molar-refractivity contribution in [2.75, 3.05) is 13.7 Å². The zero-order chi connectivity index (χ0) is 15.3. The molecule has 2 atom stereocenters. The monoisotopic (exact) mass is 296 g/mol. The first-order valence-electron chi connectivity index (χ1n) is 6.09. The molecule has 10 heteroatoms. The average Bonchev–Trinajstić information content (AvgIpc) is 2.95. The summed E-state index contributed by atoms with van der Waals surface area (Å²) in [6.07, 6.45) is 1.36. The summed E-state index contributed by atoms with van der Waals surface area (Å²) in [5.41, 5.74) is 0.696. The molecule has 2 aliphatic rings. The van der Waals surface area contributed by atoms with Crippen molar-refractivity contribution in [3.8, 4) is 0 Å². The number of nitrogens with zero attached hydrogens (tertiary/aromatic N) is 4. The van der Waals surface area contributed by atoms with Gasteiger partial charge >= 0.3 is 18.0 Å². The topological polar surface area (TPSA) is 125 Å². The number of hydroxylamine groups is 2. The van der Waals surface area contributed by atoms with Gasteiger partial charge in [0.2, 0.25) is 0 Å². The predicted octanol–water partition coefficient (Wildman–Crippen LogP) is -0.637. The van der Waals surface area contributed by atoms with E-state index in [1.807, 2.05) is 0 Å². The molecule has 21 heavy (non-hydrogen) atoms. The molecule has 1 aromatic rings. The largest absolute Gasteiger partial charge is 0.480 e. The van der Waals surface area contributed by atoms with Gasteiger partial charge in [0.1, 0.15) is 12.6 Å². The second kappa shape index (κ2) is 4.45. The minimum Gasteiger partial charge on any atom is -0.480 e. The van der Waals surface area contributed by atoms with Crippen molar-refractivity contribution < 1.29 is 29.4 Å². The minimum atomic E-state index is -1.13. The van der Waals surface area contributed by atoms with Crippen LogP contribution >= 0.6 is 0 Å². The number of methoxy groups -OCH3 is 1. The van der Waals surface area contributed by atoms with Gasteiger partial charge in [-0.15, -0.1) is 0 Å². The van der Waals surface area contributed by atoms with E-state index in [1.54, 1.807) is 0 Å². The van der Waals surface area contributed by atoms with Crippen LogP contribution in [0.3, 0.4) is 0 Å². The number of ether oxygens (including phenoxy) is 1. The van der Waals surface area contributed by atoms with E-state index in [9.17, 15) is 19.6 Å². The first kappa shape index (κ1) is 13.4. The fraction of sp³-hybridized carbons (Fsp3) is 0.455. The molecule has 10 nitrogen and oxygen atoms in total. The number of amides is 2. The number of aromatic nitrogens is 2. The zero-order valence-electron chi connectivity index (χ0n) is 11.0. The van der Waals surface area contributed by atoms with Crippen LogP contribution in [0.4, 0.5) is 4.79 Å². The molecule has 0 unspecified atom stereocenters. The third kappa shape index (κ3) is 1.76. The van der Waals surface area contributed by atoms with Crippen molar-refractivity contribution in [1.82, 2.24) is 19.7 Å². The Balaban J connectivity index is 2.14. The summed E-state index contributed by atoms with van der Waals surface area (Å²) >= 11 is 0. The summed E-state index contributed by atoms with van der Waals surface area (Å²) in [6.45, 7) is -0.343. The molecule has 2 amide bonds. The molecule has 1 fully saturated rings. The highest BCUT2D eigenvalue weighted by molar-refractivity contribution is 5.87. The Bertz CT molecular complexity index is 641. The number of carboxylic acids is 1. The van der Waals surface area contributed by atoms with E-state index >= 15 is 0 Å². The van der Waals surface area contributed by atoms with Crippen LogP contribution in [-0.2, 0) is 20.9 Å². The maximum Gasteiger partial charge on any atom is 0.345 e. The fourth-order valence-corrected chi connectivity index (χ4v) is 2.77. The number of hydrogen-bond donors (Lipinski definition) is 2. The Labute approximate surface area is 118 Å². The van der Waals surface area contributed by atoms with Crippen LogP contribution in [0.5, 0.6) is 0 Å². The molecule has 0 radical (unpaired) electrons. The first-order chi connectivity index (χ1) is 9.95. The summed E-state index contributed by atoms with van der Waals surface area (Å²) in [5.74, 6) is -1.85. The van der Waals surface area contributed by atoms with Gasteiger partial charge in [0, 0.05) is 5.56 Å². The molecule has 0 spiro atoms. The summed E-state index contributed by atoms with van der Waals surface area (Å²) in [4.78, 5) is 36.0. The summed E-state index contributed by atoms with van der Waals surface area (Å²) in [7, 11) is 1.17. The van der Waals surface area contributed by atoms with Crippen LogP contribution in [0.1, 0.15) is 23.3 Å². The van der Waals surface area contributed by atoms with E-state index in [-0.39, 0.29) is 12.2 Å². The Hall–Kier alpha value is -2.62. The summed E-state index contributed by atoms with van der Waals surface area (Å²) in [6, 6.07) is -2.52. The molecule has 3 rings (SSSR count). The standard InChI is InChI=1S/C11H12N4O6/c1-21-10(18)9-8-5(2-12-14(8)4-7(16)17)6-3-13(9)11(19)15(6)20/h2,6,9,20H,3-4H2,1H3,(H,16,17)/t6-,9+/m1/s1. The third-order valence-electron chi connectivity index (χ3n) is 3.66. The lowest BCUT2D eigenvalue weighted by molar-refractivity contribution is -0.147. The molecule has 3 heterocycles. The van der Waals surface area contributed by atoms with Gasteiger partial charge in [-0.25, -0.2) is 9.59 Å². The molecule has 0 aliphatic carbocycles. The number of fused-ring (bicyclic) bond motifs is 4. The van der Waals surface area contributed by atoms with Crippen LogP contribution in [0.15, 0.2) is 6.20 Å². The van der Waals surface area contributed by atoms with Gasteiger partial charge in [-0.05, 0) is 0 Å². The lowest BCUT2D eigenvalue weighted by atomic mass is 9.98. The fourth-order valence-electron chi connectivity index (χ4n) is 2.77. The molecule has 0 aromatic carbocycles. The van der Waals surface area contributed by atoms with Crippen LogP contribution in [-0.4, -0.2) is 61.7 Å². The van der Waals surface area contributed by atoms with E-state index in [0.717, 1.165) is 9.58 Å². The maximum absolute atomic E-state index is 12.0. The lowest BCUT2D eigenvalue weighted by Gasteiger charge is -2.29. The van der Waals surface area contributed by atoms with Gasteiger partial charge in [-0.1, -0.05) is 0 Å². The number of aliphatic carboxylic acids is 1. The second-order valence-electron chi connectivity index (χ2n) is 4.76. The van der Waals surface area contributed by atoms with Crippen molar-refractivity contribution in [2.45, 2.75) is 18.6 Å². The molecular formula is C11H12N4O6.